The van der Waals surface area contributed by atoms with Crippen LogP contribution in [0.4, 0.5) is 5.69 Å². The van der Waals surface area contributed by atoms with Crippen molar-refractivity contribution in [3.05, 3.63) is 40.0 Å². The highest BCUT2D eigenvalue weighted by Gasteiger charge is 2.21. The molecule has 1 amide bonds. The lowest BCUT2D eigenvalue weighted by Crippen LogP contribution is -2.25. The summed E-state index contributed by atoms with van der Waals surface area (Å²) in [5.41, 5.74) is 0.731. The molecular weight excluding hydrogens is 369 g/mol. The Kier molecular flexibility index (Phi) is 5.58. The van der Waals surface area contributed by atoms with Gasteiger partial charge < -0.3 is 10.1 Å². The highest BCUT2D eigenvalue weighted by molar-refractivity contribution is 14.1. The van der Waals surface area contributed by atoms with E-state index in [0.29, 0.717) is 6.42 Å². The molecule has 1 aromatic rings. The van der Waals surface area contributed by atoms with E-state index in [9.17, 15) is 9.59 Å². The van der Waals surface area contributed by atoms with Crippen molar-refractivity contribution in [2.75, 3.05) is 11.9 Å². The third-order valence-corrected chi connectivity index (χ3v) is 4.04. The SMILES string of the molecule is O=C(COC(=O)[C@@H]1CC=CCC1)Nc1ccccc1I. The molecule has 0 unspecified atom stereocenters. The van der Waals surface area contributed by atoms with Crippen molar-refractivity contribution in [1.29, 1.82) is 0 Å². The molecular formula is C15H16INO3. The second-order valence-corrected chi connectivity index (χ2v) is 5.78. The molecule has 1 atom stereocenters. The number of allylic oxidation sites excluding steroid dienone is 2. The summed E-state index contributed by atoms with van der Waals surface area (Å²) in [5, 5.41) is 2.73. The maximum atomic E-state index is 11.8. The maximum absolute atomic E-state index is 11.8. The third-order valence-electron chi connectivity index (χ3n) is 3.10. The van der Waals surface area contributed by atoms with E-state index in [-0.39, 0.29) is 24.4 Å². The summed E-state index contributed by atoms with van der Waals surface area (Å²) >= 11 is 2.14. The first-order valence-corrected chi connectivity index (χ1v) is 7.60. The van der Waals surface area contributed by atoms with Gasteiger partial charge in [0, 0.05) is 3.57 Å². The Morgan fingerprint density at radius 3 is 2.80 bits per heavy atom. The van der Waals surface area contributed by atoms with E-state index in [4.69, 9.17) is 4.74 Å². The summed E-state index contributed by atoms with van der Waals surface area (Å²) in [5.74, 6) is -0.703. The lowest BCUT2D eigenvalue weighted by molar-refractivity contribution is -0.151. The first kappa shape index (κ1) is 15.0. The fourth-order valence-electron chi connectivity index (χ4n) is 2.01. The van der Waals surface area contributed by atoms with Crippen molar-refractivity contribution < 1.29 is 14.3 Å². The minimum absolute atomic E-state index is 0.107. The van der Waals surface area contributed by atoms with Gasteiger partial charge in [-0.3, -0.25) is 9.59 Å². The van der Waals surface area contributed by atoms with Gasteiger partial charge >= 0.3 is 5.97 Å². The van der Waals surface area contributed by atoms with Crippen molar-refractivity contribution in [2.45, 2.75) is 19.3 Å². The fourth-order valence-corrected chi connectivity index (χ4v) is 2.53. The van der Waals surface area contributed by atoms with Crippen molar-refractivity contribution in [3.63, 3.8) is 0 Å². The predicted octanol–water partition coefficient (Wildman–Crippen LogP) is 3.13. The number of hydrogen-bond acceptors (Lipinski definition) is 3. The van der Waals surface area contributed by atoms with Crippen LogP contribution in [0.1, 0.15) is 19.3 Å². The second-order valence-electron chi connectivity index (χ2n) is 4.62. The first-order valence-electron chi connectivity index (χ1n) is 6.53. The zero-order chi connectivity index (χ0) is 14.4. The smallest absolute Gasteiger partial charge is 0.309 e. The minimum Gasteiger partial charge on any atom is -0.455 e. The van der Waals surface area contributed by atoms with Crippen molar-refractivity contribution >= 4 is 40.2 Å². The highest BCUT2D eigenvalue weighted by atomic mass is 127. The molecule has 1 aromatic carbocycles. The number of anilines is 1. The number of hydrogen-bond donors (Lipinski definition) is 1. The van der Waals surface area contributed by atoms with E-state index in [0.717, 1.165) is 22.1 Å². The van der Waals surface area contributed by atoms with E-state index < -0.39 is 0 Å². The van der Waals surface area contributed by atoms with Crippen LogP contribution in [-0.2, 0) is 14.3 Å². The molecule has 0 saturated heterocycles. The van der Waals surface area contributed by atoms with Gasteiger partial charge in [-0.25, -0.2) is 0 Å². The van der Waals surface area contributed by atoms with Gasteiger partial charge in [0.15, 0.2) is 6.61 Å². The average molecular weight is 385 g/mol. The van der Waals surface area contributed by atoms with Gasteiger partial charge in [-0.2, -0.15) is 0 Å². The molecule has 0 bridgehead atoms. The molecule has 0 aliphatic heterocycles. The fraction of sp³-hybridized carbons (Fsp3) is 0.333. The van der Waals surface area contributed by atoms with Gasteiger partial charge in [-0.15, -0.1) is 0 Å². The molecule has 1 N–H and O–H groups in total. The van der Waals surface area contributed by atoms with Gasteiger partial charge in [0.2, 0.25) is 0 Å². The van der Waals surface area contributed by atoms with Crippen molar-refractivity contribution in [2.24, 2.45) is 5.92 Å². The number of esters is 1. The molecule has 106 valence electrons. The summed E-state index contributed by atoms with van der Waals surface area (Å²) in [6.07, 6.45) is 6.45. The number of amides is 1. The number of carbonyl (C=O) groups is 2. The highest BCUT2D eigenvalue weighted by Crippen LogP contribution is 2.20. The second kappa shape index (κ2) is 7.42. The van der Waals surface area contributed by atoms with Crippen LogP contribution in [-0.4, -0.2) is 18.5 Å². The average Bonchev–Trinajstić information content (AvgIpc) is 2.48. The molecule has 0 saturated carbocycles. The number of rotatable bonds is 4. The zero-order valence-electron chi connectivity index (χ0n) is 11.0. The van der Waals surface area contributed by atoms with Crippen molar-refractivity contribution in [3.8, 4) is 0 Å². The van der Waals surface area contributed by atoms with Crippen LogP contribution in [0.3, 0.4) is 0 Å². The topological polar surface area (TPSA) is 55.4 Å². The zero-order valence-corrected chi connectivity index (χ0v) is 13.1. The third kappa shape index (κ3) is 4.33. The van der Waals surface area contributed by atoms with Gasteiger partial charge in [0.1, 0.15) is 0 Å². The number of nitrogens with one attached hydrogen (secondary N) is 1. The van der Waals surface area contributed by atoms with Crippen LogP contribution < -0.4 is 5.32 Å². The Labute approximate surface area is 131 Å². The van der Waals surface area contributed by atoms with Crippen molar-refractivity contribution in [1.82, 2.24) is 0 Å². The Balaban J connectivity index is 1.79. The molecule has 1 aliphatic carbocycles. The monoisotopic (exact) mass is 385 g/mol. The van der Waals surface area contributed by atoms with E-state index >= 15 is 0 Å². The molecule has 5 heteroatoms. The molecule has 0 fully saturated rings. The number of para-hydroxylation sites is 1. The maximum Gasteiger partial charge on any atom is 0.309 e. The summed E-state index contributed by atoms with van der Waals surface area (Å²) in [4.78, 5) is 23.5. The summed E-state index contributed by atoms with van der Waals surface area (Å²) in [6, 6.07) is 7.45. The molecule has 4 nitrogen and oxygen atoms in total. The van der Waals surface area contributed by atoms with Gasteiger partial charge in [0.05, 0.1) is 11.6 Å². The van der Waals surface area contributed by atoms with Crippen LogP contribution in [0.15, 0.2) is 36.4 Å². The first-order chi connectivity index (χ1) is 9.66. The Morgan fingerprint density at radius 2 is 2.10 bits per heavy atom. The molecule has 2 rings (SSSR count). The van der Waals surface area contributed by atoms with Gasteiger partial charge in [-0.05, 0) is 54.0 Å². The molecule has 0 heterocycles. The molecule has 1 aliphatic rings. The van der Waals surface area contributed by atoms with E-state index in [1.165, 1.54) is 0 Å². The standard InChI is InChI=1S/C15H16INO3/c16-12-8-4-5-9-13(12)17-14(18)10-20-15(19)11-6-2-1-3-7-11/h1-2,4-5,8-9,11H,3,6-7,10H2,(H,17,18)/t11-/m1/s1. The predicted molar refractivity (Wildman–Crippen MR) is 85.2 cm³/mol. The summed E-state index contributed by atoms with van der Waals surface area (Å²) in [7, 11) is 0. The van der Waals surface area contributed by atoms with Gasteiger partial charge in [-0.1, -0.05) is 24.3 Å². The number of ether oxygens (including phenoxy) is 1. The Morgan fingerprint density at radius 1 is 1.30 bits per heavy atom. The van der Waals surface area contributed by atoms with Gasteiger partial charge in [0.25, 0.3) is 5.91 Å². The summed E-state index contributed by atoms with van der Waals surface area (Å²) < 4.78 is 6.01. The minimum atomic E-state index is -0.311. The molecule has 20 heavy (non-hydrogen) atoms. The van der Waals surface area contributed by atoms with Crippen LogP contribution >= 0.6 is 22.6 Å². The van der Waals surface area contributed by atoms with Crippen LogP contribution in [0.5, 0.6) is 0 Å². The largest absolute Gasteiger partial charge is 0.455 e. The van der Waals surface area contributed by atoms with E-state index in [1.54, 1.807) is 0 Å². The van der Waals surface area contributed by atoms with Crippen LogP contribution in [0.25, 0.3) is 0 Å². The Hall–Kier alpha value is -1.37. The molecule has 0 radical (unpaired) electrons. The lowest BCUT2D eigenvalue weighted by Gasteiger charge is -2.16. The normalized spacial score (nSPS) is 17.6. The summed E-state index contributed by atoms with van der Waals surface area (Å²) in [6.45, 7) is -0.232. The number of halogens is 1. The number of carbonyl (C=O) groups excluding carboxylic acids is 2. The number of benzene rings is 1. The Bertz CT molecular complexity index is 528. The van der Waals surface area contributed by atoms with Crippen LogP contribution in [0.2, 0.25) is 0 Å². The molecule has 0 aromatic heterocycles. The van der Waals surface area contributed by atoms with E-state index in [1.807, 2.05) is 30.3 Å². The van der Waals surface area contributed by atoms with Crippen LogP contribution in [0, 0.1) is 9.49 Å². The van der Waals surface area contributed by atoms with E-state index in [2.05, 4.69) is 34.0 Å². The molecule has 0 spiro atoms. The lowest BCUT2D eigenvalue weighted by atomic mass is 9.95. The quantitative estimate of drug-likeness (QED) is 0.492.